The molecule has 1 aromatic carbocycles. The maximum atomic E-state index is 13.2. The van der Waals surface area contributed by atoms with Gasteiger partial charge in [0.25, 0.3) is 5.91 Å². The highest BCUT2D eigenvalue weighted by molar-refractivity contribution is 5.94. The molecule has 0 saturated heterocycles. The van der Waals surface area contributed by atoms with Crippen molar-refractivity contribution in [3.05, 3.63) is 65.7 Å². The van der Waals surface area contributed by atoms with Gasteiger partial charge in [0.1, 0.15) is 0 Å². The molecule has 0 unspecified atom stereocenters. The Labute approximate surface area is 111 Å². The molecule has 0 aliphatic heterocycles. The highest BCUT2D eigenvalue weighted by Gasteiger charge is 2.10. The number of rotatable bonds is 5. The maximum Gasteiger partial charge on any atom is 0.255 e. The van der Waals surface area contributed by atoms with E-state index in [9.17, 15) is 9.18 Å². The average molecular weight is 258 g/mol. The van der Waals surface area contributed by atoms with Gasteiger partial charge in [-0.05, 0) is 30.5 Å². The Hall–Kier alpha value is -2.23. The first-order valence-corrected chi connectivity index (χ1v) is 6.20. The van der Waals surface area contributed by atoms with Crippen LogP contribution in [0.15, 0.2) is 48.7 Å². The first-order valence-electron chi connectivity index (χ1n) is 6.20. The lowest BCUT2D eigenvalue weighted by Crippen LogP contribution is -2.26. The summed E-state index contributed by atoms with van der Waals surface area (Å²) in [5, 5.41) is 2.69. The predicted octanol–water partition coefficient (Wildman–Crippen LogP) is 2.58. The summed E-state index contributed by atoms with van der Waals surface area (Å²) in [4.78, 5) is 15.1. The number of carbonyl (C=O) groups excluding carboxylic acids is 1. The maximum absolute atomic E-state index is 13.2. The van der Waals surface area contributed by atoms with Gasteiger partial charge in [-0.25, -0.2) is 4.98 Å². The summed E-state index contributed by atoms with van der Waals surface area (Å²) in [7, 11) is 0. The van der Waals surface area contributed by atoms with Gasteiger partial charge in [-0.15, -0.1) is 0 Å². The van der Waals surface area contributed by atoms with Crippen molar-refractivity contribution in [2.24, 2.45) is 0 Å². The van der Waals surface area contributed by atoms with Crippen LogP contribution in [0.3, 0.4) is 0 Å². The van der Waals surface area contributed by atoms with Crippen molar-refractivity contribution in [2.45, 2.75) is 12.8 Å². The van der Waals surface area contributed by atoms with Gasteiger partial charge >= 0.3 is 0 Å². The molecule has 1 heterocycles. The average Bonchev–Trinajstić information content (AvgIpc) is 2.45. The Morgan fingerprint density at radius 3 is 2.68 bits per heavy atom. The first-order chi connectivity index (χ1) is 9.27. The molecular weight excluding hydrogens is 243 g/mol. The van der Waals surface area contributed by atoms with E-state index >= 15 is 0 Å². The second kappa shape index (κ2) is 6.64. The van der Waals surface area contributed by atoms with Gasteiger partial charge in [0.15, 0.2) is 0 Å². The first kappa shape index (κ1) is 13.2. The lowest BCUT2D eigenvalue weighted by atomic mass is 10.1. The number of nitrogens with zero attached hydrogens (tertiary/aromatic N) is 1. The normalized spacial score (nSPS) is 10.2. The van der Waals surface area contributed by atoms with E-state index in [-0.39, 0.29) is 5.56 Å². The number of aromatic nitrogens is 1. The Kier molecular flexibility index (Phi) is 4.61. The molecule has 0 bridgehead atoms. The number of benzene rings is 1. The van der Waals surface area contributed by atoms with Crippen molar-refractivity contribution in [3.63, 3.8) is 0 Å². The molecule has 0 fully saturated rings. The van der Waals surface area contributed by atoms with Gasteiger partial charge in [0.05, 0.1) is 5.56 Å². The smallest absolute Gasteiger partial charge is 0.255 e. The van der Waals surface area contributed by atoms with Crippen molar-refractivity contribution in [1.82, 2.24) is 10.3 Å². The summed E-state index contributed by atoms with van der Waals surface area (Å²) >= 11 is 0. The van der Waals surface area contributed by atoms with Crippen molar-refractivity contribution >= 4 is 5.91 Å². The zero-order valence-corrected chi connectivity index (χ0v) is 10.5. The van der Waals surface area contributed by atoms with Crippen LogP contribution in [0, 0.1) is 5.95 Å². The Morgan fingerprint density at radius 2 is 1.95 bits per heavy atom. The standard InChI is InChI=1S/C15H15FN2O/c16-14-13(9-5-10-17-14)15(19)18-11-4-8-12-6-2-1-3-7-12/h1-3,5-7,9-10H,4,8,11H2,(H,18,19). The fraction of sp³-hybridized carbons (Fsp3) is 0.200. The number of halogens is 1. The van der Waals surface area contributed by atoms with Gasteiger partial charge < -0.3 is 5.32 Å². The molecule has 0 aliphatic rings. The predicted molar refractivity (Wildman–Crippen MR) is 71.3 cm³/mol. The van der Waals surface area contributed by atoms with Crippen molar-refractivity contribution in [1.29, 1.82) is 0 Å². The number of hydrogen-bond acceptors (Lipinski definition) is 2. The molecule has 0 saturated carbocycles. The van der Waals surface area contributed by atoms with Crippen LogP contribution in [0.25, 0.3) is 0 Å². The molecular formula is C15H15FN2O. The SMILES string of the molecule is O=C(NCCCc1ccccc1)c1cccnc1F. The molecule has 19 heavy (non-hydrogen) atoms. The van der Waals surface area contributed by atoms with E-state index in [4.69, 9.17) is 0 Å². The zero-order chi connectivity index (χ0) is 13.5. The fourth-order valence-corrected chi connectivity index (χ4v) is 1.79. The van der Waals surface area contributed by atoms with Crippen LogP contribution in [0.4, 0.5) is 4.39 Å². The van der Waals surface area contributed by atoms with E-state index in [1.54, 1.807) is 6.07 Å². The van der Waals surface area contributed by atoms with Crippen molar-refractivity contribution in [2.75, 3.05) is 6.54 Å². The minimum Gasteiger partial charge on any atom is -0.352 e. The van der Waals surface area contributed by atoms with Gasteiger partial charge in [-0.1, -0.05) is 30.3 Å². The topological polar surface area (TPSA) is 42.0 Å². The van der Waals surface area contributed by atoms with E-state index in [0.717, 1.165) is 12.8 Å². The molecule has 0 spiro atoms. The van der Waals surface area contributed by atoms with Crippen molar-refractivity contribution in [3.8, 4) is 0 Å². The van der Waals surface area contributed by atoms with Gasteiger partial charge in [-0.3, -0.25) is 4.79 Å². The lowest BCUT2D eigenvalue weighted by molar-refractivity contribution is 0.0948. The van der Waals surface area contributed by atoms with Crippen LogP contribution in [-0.4, -0.2) is 17.4 Å². The number of nitrogens with one attached hydrogen (secondary N) is 1. The molecule has 0 radical (unpaired) electrons. The van der Waals surface area contributed by atoms with E-state index in [1.807, 2.05) is 30.3 Å². The highest BCUT2D eigenvalue weighted by Crippen LogP contribution is 2.04. The van der Waals surface area contributed by atoms with Crippen LogP contribution in [-0.2, 0) is 6.42 Å². The van der Waals surface area contributed by atoms with E-state index in [0.29, 0.717) is 6.54 Å². The Morgan fingerprint density at radius 1 is 1.16 bits per heavy atom. The van der Waals surface area contributed by atoms with E-state index in [1.165, 1.54) is 17.8 Å². The third-order valence-electron chi connectivity index (χ3n) is 2.77. The number of hydrogen-bond donors (Lipinski definition) is 1. The molecule has 1 aromatic heterocycles. The minimum atomic E-state index is -0.733. The lowest BCUT2D eigenvalue weighted by Gasteiger charge is -2.05. The summed E-state index contributed by atoms with van der Waals surface area (Å²) in [6.07, 6.45) is 3.02. The van der Waals surface area contributed by atoms with E-state index in [2.05, 4.69) is 10.3 Å². The van der Waals surface area contributed by atoms with Crippen LogP contribution in [0.2, 0.25) is 0 Å². The van der Waals surface area contributed by atoms with Crippen molar-refractivity contribution < 1.29 is 9.18 Å². The van der Waals surface area contributed by atoms with Crippen LogP contribution >= 0.6 is 0 Å². The summed E-state index contributed by atoms with van der Waals surface area (Å²) in [6, 6.07) is 13.0. The highest BCUT2D eigenvalue weighted by atomic mass is 19.1. The molecule has 1 N–H and O–H groups in total. The molecule has 0 aliphatic carbocycles. The van der Waals surface area contributed by atoms with Crippen LogP contribution in [0.5, 0.6) is 0 Å². The van der Waals surface area contributed by atoms with Crippen LogP contribution in [0.1, 0.15) is 22.3 Å². The molecule has 98 valence electrons. The van der Waals surface area contributed by atoms with Gasteiger partial charge in [0, 0.05) is 12.7 Å². The summed E-state index contributed by atoms with van der Waals surface area (Å²) in [6.45, 7) is 0.516. The largest absolute Gasteiger partial charge is 0.352 e. The minimum absolute atomic E-state index is 0.0118. The second-order valence-corrected chi connectivity index (χ2v) is 4.19. The van der Waals surface area contributed by atoms with Gasteiger partial charge in [-0.2, -0.15) is 4.39 Å². The third-order valence-corrected chi connectivity index (χ3v) is 2.77. The molecule has 0 atom stereocenters. The molecule has 4 heteroatoms. The summed E-state index contributed by atoms with van der Waals surface area (Å²) in [5.41, 5.74) is 1.21. The number of amides is 1. The summed E-state index contributed by atoms with van der Waals surface area (Å²) < 4.78 is 13.2. The van der Waals surface area contributed by atoms with E-state index < -0.39 is 11.9 Å². The van der Waals surface area contributed by atoms with Crippen LogP contribution < -0.4 is 5.32 Å². The number of carbonyl (C=O) groups is 1. The molecule has 2 aromatic rings. The monoisotopic (exact) mass is 258 g/mol. The summed E-state index contributed by atoms with van der Waals surface area (Å²) in [5.74, 6) is -1.15. The zero-order valence-electron chi connectivity index (χ0n) is 10.5. The Bertz CT molecular complexity index is 543. The Balaban J connectivity index is 1.77. The molecule has 2 rings (SSSR count). The second-order valence-electron chi connectivity index (χ2n) is 4.19. The quantitative estimate of drug-likeness (QED) is 0.661. The third kappa shape index (κ3) is 3.88. The number of pyridine rings is 1. The van der Waals surface area contributed by atoms with Gasteiger partial charge in [0.2, 0.25) is 5.95 Å². The molecule has 3 nitrogen and oxygen atoms in total. The fourth-order valence-electron chi connectivity index (χ4n) is 1.79. The number of aryl methyl sites for hydroxylation is 1. The molecule has 1 amide bonds.